The van der Waals surface area contributed by atoms with Crippen LogP contribution in [0, 0.1) is 29.1 Å². The first-order valence-corrected chi connectivity index (χ1v) is 14.7. The summed E-state index contributed by atoms with van der Waals surface area (Å²) < 4.78 is 11.5. The van der Waals surface area contributed by atoms with Crippen LogP contribution in [0.3, 0.4) is 0 Å². The van der Waals surface area contributed by atoms with Crippen molar-refractivity contribution in [1.29, 1.82) is 0 Å². The van der Waals surface area contributed by atoms with Gasteiger partial charge in [-0.2, -0.15) is 0 Å². The molecule has 0 aromatic heterocycles. The van der Waals surface area contributed by atoms with Crippen molar-refractivity contribution >= 4 is 35.0 Å². The number of aromatic hydroxyl groups is 1. The van der Waals surface area contributed by atoms with Gasteiger partial charge in [0.25, 0.3) is 0 Å². The number of methoxy groups -OCH3 is 2. The van der Waals surface area contributed by atoms with Crippen molar-refractivity contribution in [1.82, 2.24) is 0 Å². The van der Waals surface area contributed by atoms with Crippen molar-refractivity contribution in [3.8, 4) is 17.2 Å². The summed E-state index contributed by atoms with van der Waals surface area (Å²) >= 11 is 0. The van der Waals surface area contributed by atoms with Crippen LogP contribution in [0.25, 0.3) is 0 Å². The number of imide groups is 2. The number of anilines is 2. The Labute approximate surface area is 254 Å². The van der Waals surface area contributed by atoms with Crippen LogP contribution in [-0.4, -0.2) is 43.0 Å². The minimum atomic E-state index is -1.27. The zero-order valence-corrected chi connectivity index (χ0v) is 24.6. The maximum Gasteiger partial charge on any atom is 0.241 e. The number of nitrogens with zero attached hydrogens (tertiary/aromatic N) is 2. The largest absolute Gasteiger partial charge is 0.508 e. The molecule has 44 heavy (non-hydrogen) atoms. The molecule has 224 valence electrons. The van der Waals surface area contributed by atoms with E-state index < -0.39 is 35.0 Å². The lowest BCUT2D eigenvalue weighted by atomic mass is 9.51. The molecule has 0 radical (unpaired) electrons. The predicted octanol–water partition coefficient (Wildman–Crippen LogP) is 4.84. The standard InChI is InChI=1S/C35H32N2O7/c1-35-25(32(40)37(34(35)42)20-12-8-5-9-13-20)18-24-22(30(35)29-26(43-2)16-21(38)17-27(29)44-3)14-15-23-28(24)33(41)36(31(23)39)19-10-6-4-7-11-19/h4-14,16-17,23-25,28,30,38H,15,18H2,1-3H3/t23-,24+,25-,28-,30+,35+/m0/s1. The average Bonchev–Trinajstić information content (AvgIpc) is 3.41. The Hall–Kier alpha value is -4.92. The van der Waals surface area contributed by atoms with Crippen LogP contribution in [0.4, 0.5) is 11.4 Å². The van der Waals surface area contributed by atoms with Crippen molar-refractivity contribution in [3.05, 3.63) is 90.0 Å². The number of allylic oxidation sites excluding steroid dienone is 2. The van der Waals surface area contributed by atoms with Gasteiger partial charge in [-0.1, -0.05) is 48.0 Å². The molecule has 1 saturated carbocycles. The highest BCUT2D eigenvalue weighted by atomic mass is 16.5. The number of amides is 4. The molecule has 3 aromatic carbocycles. The number of fused-ring (bicyclic) bond motifs is 4. The minimum absolute atomic E-state index is 0.0796. The molecule has 3 aromatic rings. The molecule has 3 fully saturated rings. The highest BCUT2D eigenvalue weighted by Gasteiger charge is 2.68. The van der Waals surface area contributed by atoms with Gasteiger partial charge in [0.15, 0.2) is 0 Å². The number of phenols is 1. The van der Waals surface area contributed by atoms with Crippen molar-refractivity contribution in [2.45, 2.75) is 25.7 Å². The van der Waals surface area contributed by atoms with Crippen LogP contribution in [0.5, 0.6) is 17.2 Å². The molecule has 0 spiro atoms. The lowest BCUT2D eigenvalue weighted by Gasteiger charge is -2.49. The van der Waals surface area contributed by atoms with E-state index in [-0.39, 0.29) is 35.8 Å². The van der Waals surface area contributed by atoms with E-state index in [0.29, 0.717) is 34.9 Å². The fraction of sp³-hybridized carbons (Fsp3) is 0.314. The second kappa shape index (κ2) is 10.1. The number of para-hydroxylation sites is 2. The molecule has 2 heterocycles. The first-order valence-electron chi connectivity index (χ1n) is 14.7. The summed E-state index contributed by atoms with van der Waals surface area (Å²) in [6, 6.07) is 20.6. The summed E-state index contributed by atoms with van der Waals surface area (Å²) in [5, 5.41) is 10.5. The van der Waals surface area contributed by atoms with Gasteiger partial charge in [-0.3, -0.25) is 24.1 Å². The Kier molecular flexibility index (Phi) is 6.39. The molecule has 4 amide bonds. The van der Waals surface area contributed by atoms with E-state index in [2.05, 4.69) is 0 Å². The molecule has 9 nitrogen and oxygen atoms in total. The summed E-state index contributed by atoms with van der Waals surface area (Å²) in [6.07, 6.45) is 2.53. The van der Waals surface area contributed by atoms with Crippen LogP contribution in [0.15, 0.2) is 84.4 Å². The van der Waals surface area contributed by atoms with E-state index in [4.69, 9.17) is 9.47 Å². The molecular weight excluding hydrogens is 560 g/mol. The van der Waals surface area contributed by atoms with E-state index in [1.807, 2.05) is 18.2 Å². The van der Waals surface area contributed by atoms with E-state index in [1.54, 1.807) is 55.5 Å². The second-order valence-corrected chi connectivity index (χ2v) is 12.1. The molecule has 2 aliphatic carbocycles. The molecule has 0 unspecified atom stereocenters. The van der Waals surface area contributed by atoms with Gasteiger partial charge in [-0.15, -0.1) is 0 Å². The quantitative estimate of drug-likeness (QED) is 0.333. The molecule has 9 heteroatoms. The van der Waals surface area contributed by atoms with Crippen molar-refractivity contribution < 1.29 is 33.8 Å². The Morgan fingerprint density at radius 2 is 1.34 bits per heavy atom. The lowest BCUT2D eigenvalue weighted by molar-refractivity contribution is -0.131. The van der Waals surface area contributed by atoms with Gasteiger partial charge in [0, 0.05) is 23.6 Å². The molecule has 7 rings (SSSR count). The van der Waals surface area contributed by atoms with Gasteiger partial charge in [-0.25, -0.2) is 4.90 Å². The van der Waals surface area contributed by atoms with Crippen LogP contribution in [0.2, 0.25) is 0 Å². The fourth-order valence-electron chi connectivity index (χ4n) is 8.19. The average molecular weight is 593 g/mol. The van der Waals surface area contributed by atoms with Crippen LogP contribution in [-0.2, 0) is 19.2 Å². The molecule has 1 N–H and O–H groups in total. The fourth-order valence-corrected chi connectivity index (χ4v) is 8.19. The minimum Gasteiger partial charge on any atom is -0.508 e. The Bertz CT molecular complexity index is 1710. The third kappa shape index (κ3) is 3.71. The molecule has 2 saturated heterocycles. The zero-order valence-electron chi connectivity index (χ0n) is 24.6. The summed E-state index contributed by atoms with van der Waals surface area (Å²) in [6.45, 7) is 1.80. The second-order valence-electron chi connectivity index (χ2n) is 12.1. The number of phenolic OH excluding ortho intramolecular Hbond substituents is 1. The summed E-state index contributed by atoms with van der Waals surface area (Å²) in [4.78, 5) is 59.4. The Morgan fingerprint density at radius 3 is 1.91 bits per heavy atom. The van der Waals surface area contributed by atoms with Gasteiger partial charge in [0.05, 0.1) is 48.8 Å². The normalized spacial score (nSPS) is 29.2. The highest BCUT2D eigenvalue weighted by molar-refractivity contribution is 6.25. The SMILES string of the molecule is COc1cc(O)cc(OC)c1[C@H]1C2=CC[C@@H]3C(=O)N(c4ccccc4)C(=O)[C@@H]3[C@@H]2C[C@H]2C(=O)N(c3ccccc3)C(=O)[C@@]12C. The highest BCUT2D eigenvalue weighted by Crippen LogP contribution is 2.65. The number of hydrogen-bond acceptors (Lipinski definition) is 7. The first-order chi connectivity index (χ1) is 21.2. The van der Waals surface area contributed by atoms with Gasteiger partial charge in [0.2, 0.25) is 23.6 Å². The van der Waals surface area contributed by atoms with Gasteiger partial charge < -0.3 is 14.6 Å². The molecule has 2 aliphatic heterocycles. The van der Waals surface area contributed by atoms with Crippen molar-refractivity contribution in [2.24, 2.45) is 29.1 Å². The third-order valence-electron chi connectivity index (χ3n) is 10.1. The monoisotopic (exact) mass is 592 g/mol. The number of ether oxygens (including phenoxy) is 2. The van der Waals surface area contributed by atoms with E-state index in [1.165, 1.54) is 36.2 Å². The van der Waals surface area contributed by atoms with E-state index in [9.17, 15) is 24.3 Å². The summed E-state index contributed by atoms with van der Waals surface area (Å²) in [5.41, 5.74) is 1.03. The van der Waals surface area contributed by atoms with Gasteiger partial charge >= 0.3 is 0 Å². The molecule has 6 atom stereocenters. The van der Waals surface area contributed by atoms with Gasteiger partial charge in [0.1, 0.15) is 17.2 Å². The number of carbonyl (C=O) groups excluding carboxylic acids is 4. The Morgan fingerprint density at radius 1 is 0.773 bits per heavy atom. The topological polar surface area (TPSA) is 113 Å². The van der Waals surface area contributed by atoms with Crippen LogP contribution >= 0.6 is 0 Å². The van der Waals surface area contributed by atoms with Gasteiger partial charge in [-0.05, 0) is 49.9 Å². The first kappa shape index (κ1) is 27.9. The molecular formula is C35H32N2O7. The van der Waals surface area contributed by atoms with Crippen LogP contribution < -0.4 is 19.3 Å². The number of hydrogen-bond donors (Lipinski definition) is 1. The van der Waals surface area contributed by atoms with Crippen LogP contribution in [0.1, 0.15) is 31.2 Å². The molecule has 4 aliphatic rings. The predicted molar refractivity (Wildman–Crippen MR) is 161 cm³/mol. The smallest absolute Gasteiger partial charge is 0.241 e. The maximum absolute atomic E-state index is 14.6. The third-order valence-corrected chi connectivity index (χ3v) is 10.1. The maximum atomic E-state index is 14.6. The van der Waals surface area contributed by atoms with Crippen molar-refractivity contribution in [3.63, 3.8) is 0 Å². The zero-order chi connectivity index (χ0) is 30.9. The van der Waals surface area contributed by atoms with Crippen molar-refractivity contribution in [2.75, 3.05) is 24.0 Å². The summed E-state index contributed by atoms with van der Waals surface area (Å²) in [7, 11) is 2.94. The number of rotatable bonds is 5. The molecule has 0 bridgehead atoms. The number of benzene rings is 3. The summed E-state index contributed by atoms with van der Waals surface area (Å²) in [5.74, 6) is -4.04. The lowest BCUT2D eigenvalue weighted by Crippen LogP contribution is -2.49. The number of carbonyl (C=O) groups is 4. The Balaban J connectivity index is 1.43. The van der Waals surface area contributed by atoms with E-state index in [0.717, 1.165) is 5.57 Å². The van der Waals surface area contributed by atoms with E-state index >= 15 is 0 Å².